The summed E-state index contributed by atoms with van der Waals surface area (Å²) in [7, 11) is 0. The first-order valence-corrected chi connectivity index (χ1v) is 12.0. The number of aromatic nitrogens is 2. The SMILES string of the molecule is CC(C)(C)CN=Cc1cc(-c2ccc(-c3scc4c3OCCO4)c3nsnc23)ccc1O. The monoisotopic (exact) mass is 465 g/mol. The summed E-state index contributed by atoms with van der Waals surface area (Å²) < 4.78 is 20.8. The largest absolute Gasteiger partial charge is 0.507 e. The standard InChI is InChI=1S/C24H23N3O3S2/c1-24(2,3)13-25-11-15-10-14(4-7-18(15)28)16-5-6-17(21-20(16)26-32-27-21)23-22-19(12-31-23)29-8-9-30-22/h4-7,10-12,28H,8-9,13H2,1-3H3. The summed E-state index contributed by atoms with van der Waals surface area (Å²) in [6.07, 6.45) is 1.74. The molecule has 8 heteroatoms. The Hall–Kier alpha value is -2.97. The predicted molar refractivity (Wildman–Crippen MR) is 131 cm³/mol. The van der Waals surface area contributed by atoms with Gasteiger partial charge in [-0.1, -0.05) is 39.0 Å². The van der Waals surface area contributed by atoms with Crippen molar-refractivity contribution in [1.82, 2.24) is 8.75 Å². The number of nitrogens with zero attached hydrogens (tertiary/aromatic N) is 3. The summed E-state index contributed by atoms with van der Waals surface area (Å²) in [4.78, 5) is 5.52. The highest BCUT2D eigenvalue weighted by atomic mass is 32.1. The zero-order valence-corrected chi connectivity index (χ0v) is 19.7. The molecule has 0 radical (unpaired) electrons. The van der Waals surface area contributed by atoms with Gasteiger partial charge in [-0.25, -0.2) is 0 Å². The van der Waals surface area contributed by atoms with Crippen LogP contribution < -0.4 is 9.47 Å². The number of aliphatic imine (C=N–C) groups is 1. The summed E-state index contributed by atoms with van der Waals surface area (Å²) in [6.45, 7) is 8.20. The summed E-state index contributed by atoms with van der Waals surface area (Å²) in [6, 6.07) is 9.66. The van der Waals surface area contributed by atoms with Crippen molar-refractivity contribution in [1.29, 1.82) is 0 Å². The van der Waals surface area contributed by atoms with Crippen LogP contribution in [-0.2, 0) is 0 Å². The van der Waals surface area contributed by atoms with Crippen LogP contribution in [0.25, 0.3) is 32.6 Å². The van der Waals surface area contributed by atoms with E-state index in [-0.39, 0.29) is 11.2 Å². The van der Waals surface area contributed by atoms with E-state index in [9.17, 15) is 5.11 Å². The Morgan fingerprint density at radius 3 is 2.62 bits per heavy atom. The molecule has 0 atom stereocenters. The topological polar surface area (TPSA) is 76.8 Å². The molecule has 0 bridgehead atoms. The van der Waals surface area contributed by atoms with Crippen LogP contribution in [0.5, 0.6) is 17.2 Å². The van der Waals surface area contributed by atoms with Crippen molar-refractivity contribution >= 4 is 40.3 Å². The normalized spacial score (nSPS) is 13.8. The molecule has 32 heavy (non-hydrogen) atoms. The average molecular weight is 466 g/mol. The van der Waals surface area contributed by atoms with Crippen LogP contribution in [0.3, 0.4) is 0 Å². The molecule has 3 heterocycles. The van der Waals surface area contributed by atoms with Crippen LogP contribution in [0.1, 0.15) is 26.3 Å². The highest BCUT2D eigenvalue weighted by Crippen LogP contribution is 2.48. The van der Waals surface area contributed by atoms with Gasteiger partial charge in [-0.05, 0) is 23.1 Å². The van der Waals surface area contributed by atoms with E-state index >= 15 is 0 Å². The second kappa shape index (κ2) is 8.18. The molecule has 0 unspecified atom stereocenters. The number of phenols is 1. The minimum Gasteiger partial charge on any atom is -0.507 e. The minimum absolute atomic E-state index is 0.0910. The number of rotatable bonds is 4. The van der Waals surface area contributed by atoms with Crippen molar-refractivity contribution in [2.24, 2.45) is 10.4 Å². The minimum atomic E-state index is 0.0910. The van der Waals surface area contributed by atoms with Gasteiger partial charge in [0.2, 0.25) is 0 Å². The van der Waals surface area contributed by atoms with Gasteiger partial charge < -0.3 is 14.6 Å². The second-order valence-electron chi connectivity index (χ2n) is 8.88. The van der Waals surface area contributed by atoms with Crippen molar-refractivity contribution in [2.75, 3.05) is 19.8 Å². The number of thiophene rings is 1. The van der Waals surface area contributed by atoms with Crippen LogP contribution in [0.2, 0.25) is 0 Å². The summed E-state index contributed by atoms with van der Waals surface area (Å²) in [5, 5.41) is 12.3. The maximum absolute atomic E-state index is 10.3. The Balaban J connectivity index is 1.56. The van der Waals surface area contributed by atoms with E-state index in [0.717, 1.165) is 44.1 Å². The molecular formula is C24H23N3O3S2. The Morgan fingerprint density at radius 2 is 1.81 bits per heavy atom. The molecule has 0 fully saturated rings. The molecule has 0 saturated carbocycles. The van der Waals surface area contributed by atoms with E-state index in [4.69, 9.17) is 9.47 Å². The number of fused-ring (bicyclic) bond motifs is 2. The van der Waals surface area contributed by atoms with E-state index in [1.807, 2.05) is 17.5 Å². The number of phenolic OH excluding ortho intramolecular Hbond substituents is 1. The molecule has 0 saturated heterocycles. The first kappa shape index (κ1) is 20.9. The Labute approximate surface area is 194 Å². The lowest BCUT2D eigenvalue weighted by Gasteiger charge is -2.16. The zero-order valence-electron chi connectivity index (χ0n) is 18.1. The van der Waals surface area contributed by atoms with E-state index in [0.29, 0.717) is 25.3 Å². The van der Waals surface area contributed by atoms with E-state index < -0.39 is 0 Å². The third-order valence-corrected chi connectivity index (χ3v) is 6.60. The molecule has 1 N–H and O–H groups in total. The van der Waals surface area contributed by atoms with Crippen LogP contribution in [0, 0.1) is 5.41 Å². The fraction of sp³-hybridized carbons (Fsp3) is 0.292. The Morgan fingerprint density at radius 1 is 1.06 bits per heavy atom. The van der Waals surface area contributed by atoms with E-state index in [1.54, 1.807) is 23.6 Å². The van der Waals surface area contributed by atoms with Crippen LogP contribution in [0.4, 0.5) is 0 Å². The van der Waals surface area contributed by atoms with Crippen LogP contribution in [0.15, 0.2) is 40.7 Å². The van der Waals surface area contributed by atoms with Gasteiger partial charge in [-0.2, -0.15) is 8.75 Å². The van der Waals surface area contributed by atoms with E-state index in [1.165, 1.54) is 11.7 Å². The lowest BCUT2D eigenvalue weighted by atomic mass is 9.97. The maximum Gasteiger partial charge on any atom is 0.180 e. The van der Waals surface area contributed by atoms with E-state index in [2.05, 4.69) is 46.6 Å². The number of ether oxygens (including phenoxy) is 2. The average Bonchev–Trinajstić information content (AvgIpc) is 3.41. The first-order valence-electron chi connectivity index (χ1n) is 10.4. The Kier molecular flexibility index (Phi) is 5.35. The predicted octanol–water partition coefficient (Wildman–Crippen LogP) is 6.03. The lowest BCUT2D eigenvalue weighted by molar-refractivity contribution is 0.174. The molecule has 0 spiro atoms. The third kappa shape index (κ3) is 3.96. The molecular weight excluding hydrogens is 442 g/mol. The van der Waals surface area contributed by atoms with Gasteiger partial charge in [0, 0.05) is 34.8 Å². The third-order valence-electron chi connectivity index (χ3n) is 5.10. The van der Waals surface area contributed by atoms with Crippen molar-refractivity contribution in [3.8, 4) is 38.8 Å². The van der Waals surface area contributed by atoms with Gasteiger partial charge in [0.15, 0.2) is 11.5 Å². The zero-order chi connectivity index (χ0) is 22.3. The van der Waals surface area contributed by atoms with Crippen LogP contribution >= 0.6 is 23.1 Å². The number of benzene rings is 2. The highest BCUT2D eigenvalue weighted by molar-refractivity contribution is 7.14. The summed E-state index contributed by atoms with van der Waals surface area (Å²) in [5.74, 6) is 1.78. The molecule has 4 aromatic rings. The fourth-order valence-electron chi connectivity index (χ4n) is 3.57. The van der Waals surface area contributed by atoms with Crippen molar-refractivity contribution < 1.29 is 14.6 Å². The van der Waals surface area contributed by atoms with Crippen molar-refractivity contribution in [2.45, 2.75) is 20.8 Å². The van der Waals surface area contributed by atoms with Crippen LogP contribution in [-0.4, -0.2) is 39.8 Å². The lowest BCUT2D eigenvalue weighted by Crippen LogP contribution is -2.14. The smallest absolute Gasteiger partial charge is 0.180 e. The van der Waals surface area contributed by atoms with Gasteiger partial charge in [0.1, 0.15) is 30.0 Å². The van der Waals surface area contributed by atoms with Crippen molar-refractivity contribution in [3.05, 3.63) is 41.3 Å². The summed E-state index contributed by atoms with van der Waals surface area (Å²) >= 11 is 2.78. The first-order chi connectivity index (χ1) is 15.4. The molecule has 0 amide bonds. The van der Waals surface area contributed by atoms with Gasteiger partial charge in [0.25, 0.3) is 0 Å². The molecule has 0 aliphatic carbocycles. The fourth-order valence-corrected chi connectivity index (χ4v) is 5.11. The molecule has 1 aliphatic heterocycles. The maximum atomic E-state index is 10.3. The van der Waals surface area contributed by atoms with Crippen molar-refractivity contribution in [3.63, 3.8) is 0 Å². The summed E-state index contributed by atoms with van der Waals surface area (Å²) in [5.41, 5.74) is 5.35. The second-order valence-corrected chi connectivity index (χ2v) is 10.3. The quantitative estimate of drug-likeness (QED) is 0.373. The molecule has 6 nitrogen and oxygen atoms in total. The molecule has 2 aromatic heterocycles. The number of aromatic hydroxyl groups is 1. The molecule has 5 rings (SSSR count). The number of hydrogen-bond acceptors (Lipinski definition) is 8. The Bertz CT molecular complexity index is 1320. The highest BCUT2D eigenvalue weighted by Gasteiger charge is 2.23. The molecule has 1 aliphatic rings. The van der Waals surface area contributed by atoms with Gasteiger partial charge in [-0.3, -0.25) is 4.99 Å². The van der Waals surface area contributed by atoms with Gasteiger partial charge in [0.05, 0.1) is 16.6 Å². The number of hydrogen-bond donors (Lipinski definition) is 1. The molecule has 164 valence electrons. The molecule has 2 aromatic carbocycles. The van der Waals surface area contributed by atoms with Gasteiger partial charge in [-0.15, -0.1) is 11.3 Å². The van der Waals surface area contributed by atoms with Gasteiger partial charge >= 0.3 is 0 Å².